The van der Waals surface area contributed by atoms with Crippen molar-refractivity contribution in [1.29, 1.82) is 0 Å². The summed E-state index contributed by atoms with van der Waals surface area (Å²) in [6.07, 6.45) is 4.82. The lowest BCUT2D eigenvalue weighted by Crippen LogP contribution is -2.51. The number of ether oxygens (including phenoxy) is 1. The molecule has 3 heterocycles. The van der Waals surface area contributed by atoms with Gasteiger partial charge in [0.15, 0.2) is 0 Å². The quantitative estimate of drug-likeness (QED) is 0.738. The zero-order valence-electron chi connectivity index (χ0n) is 14.2. The normalized spacial score (nSPS) is 16.5. The Morgan fingerprint density at radius 1 is 1.33 bits per heavy atom. The van der Waals surface area contributed by atoms with Gasteiger partial charge in [0.05, 0.1) is 6.20 Å². The van der Waals surface area contributed by atoms with Gasteiger partial charge in [0.2, 0.25) is 10.0 Å². The van der Waals surface area contributed by atoms with Crippen LogP contribution < -0.4 is 0 Å². The van der Waals surface area contributed by atoms with E-state index in [1.807, 2.05) is 20.0 Å². The summed E-state index contributed by atoms with van der Waals surface area (Å²) < 4.78 is 35.5. The molecule has 3 rings (SSSR count). The first kappa shape index (κ1) is 17.1. The molecule has 132 valence electrons. The third kappa shape index (κ3) is 3.11. The monoisotopic (exact) mass is 353 g/mol. The summed E-state index contributed by atoms with van der Waals surface area (Å²) in [6.45, 7) is 6.82. The highest BCUT2D eigenvalue weighted by molar-refractivity contribution is 7.89. The molecule has 1 aliphatic rings. The molecule has 9 heteroatoms. The third-order valence-electron chi connectivity index (χ3n) is 4.35. The number of methoxy groups -OCH3 is 1. The zero-order valence-corrected chi connectivity index (χ0v) is 15.0. The van der Waals surface area contributed by atoms with Crippen molar-refractivity contribution in [1.82, 2.24) is 23.6 Å². The standard InChI is InChI=1S/C15H23N5O3S/c1-4-18-10-14(6-17-18)24(21,22)19-7-13(8-19)9-20-12(2)5-16-15(20)11-23-3/h5-6,10,13H,4,7-9,11H2,1-3H3. The van der Waals surface area contributed by atoms with Crippen molar-refractivity contribution in [3.05, 3.63) is 30.1 Å². The number of imidazole rings is 1. The molecule has 0 spiro atoms. The van der Waals surface area contributed by atoms with Crippen LogP contribution in [0.5, 0.6) is 0 Å². The number of sulfonamides is 1. The second-order valence-electron chi connectivity index (χ2n) is 6.08. The lowest BCUT2D eigenvalue weighted by molar-refractivity contribution is 0.157. The molecule has 0 aromatic carbocycles. The maximum atomic E-state index is 12.6. The lowest BCUT2D eigenvalue weighted by Gasteiger charge is -2.38. The number of aryl methyl sites for hydroxylation is 2. The average Bonchev–Trinajstić information content (AvgIpc) is 3.11. The minimum Gasteiger partial charge on any atom is -0.377 e. The van der Waals surface area contributed by atoms with Crippen molar-refractivity contribution < 1.29 is 13.2 Å². The summed E-state index contributed by atoms with van der Waals surface area (Å²) in [5.74, 6) is 1.16. The van der Waals surface area contributed by atoms with Crippen LogP contribution in [0.1, 0.15) is 18.4 Å². The molecule has 0 amide bonds. The first-order valence-corrected chi connectivity index (χ1v) is 9.42. The van der Waals surface area contributed by atoms with Crippen molar-refractivity contribution in [2.45, 2.75) is 38.4 Å². The molecule has 1 fully saturated rings. The van der Waals surface area contributed by atoms with Gasteiger partial charge in [-0.3, -0.25) is 4.68 Å². The fraction of sp³-hybridized carbons (Fsp3) is 0.600. The van der Waals surface area contributed by atoms with E-state index < -0.39 is 10.0 Å². The van der Waals surface area contributed by atoms with E-state index in [4.69, 9.17) is 4.74 Å². The van der Waals surface area contributed by atoms with E-state index in [0.717, 1.165) is 18.1 Å². The molecule has 0 saturated carbocycles. The molecule has 24 heavy (non-hydrogen) atoms. The van der Waals surface area contributed by atoms with Crippen LogP contribution in [0.25, 0.3) is 0 Å². The summed E-state index contributed by atoms with van der Waals surface area (Å²) in [5, 5.41) is 4.05. The van der Waals surface area contributed by atoms with Crippen LogP contribution in [0.3, 0.4) is 0 Å². The van der Waals surface area contributed by atoms with Gasteiger partial charge in [-0.1, -0.05) is 0 Å². The van der Waals surface area contributed by atoms with Crippen LogP contribution in [0.2, 0.25) is 0 Å². The average molecular weight is 353 g/mol. The van der Waals surface area contributed by atoms with Crippen LogP contribution in [0.15, 0.2) is 23.5 Å². The highest BCUT2D eigenvalue weighted by atomic mass is 32.2. The Morgan fingerprint density at radius 2 is 2.08 bits per heavy atom. The molecule has 8 nitrogen and oxygen atoms in total. The van der Waals surface area contributed by atoms with E-state index in [1.165, 1.54) is 10.5 Å². The highest BCUT2D eigenvalue weighted by Gasteiger charge is 2.37. The van der Waals surface area contributed by atoms with Crippen molar-refractivity contribution >= 4 is 10.0 Å². The SMILES string of the molecule is CCn1cc(S(=O)(=O)N2CC(Cn3c(C)cnc3COC)C2)cn1. The first-order valence-electron chi connectivity index (χ1n) is 7.98. The Balaban J connectivity index is 1.64. The second-order valence-corrected chi connectivity index (χ2v) is 8.02. The van der Waals surface area contributed by atoms with E-state index in [9.17, 15) is 8.42 Å². The second kappa shape index (κ2) is 6.66. The molecule has 2 aromatic heterocycles. The Labute approximate surface area is 142 Å². The Bertz CT molecular complexity index is 805. The predicted molar refractivity (Wildman–Crippen MR) is 87.8 cm³/mol. The summed E-state index contributed by atoms with van der Waals surface area (Å²) in [7, 11) is -1.79. The highest BCUT2D eigenvalue weighted by Crippen LogP contribution is 2.26. The molecular weight excluding hydrogens is 330 g/mol. The van der Waals surface area contributed by atoms with E-state index >= 15 is 0 Å². The summed E-state index contributed by atoms with van der Waals surface area (Å²) in [6, 6.07) is 0. The fourth-order valence-electron chi connectivity index (χ4n) is 2.90. The molecule has 0 atom stereocenters. The smallest absolute Gasteiger partial charge is 0.246 e. The van der Waals surface area contributed by atoms with Crippen molar-refractivity contribution in [2.75, 3.05) is 20.2 Å². The van der Waals surface area contributed by atoms with Gasteiger partial charge in [-0.05, 0) is 13.8 Å². The number of rotatable bonds is 7. The van der Waals surface area contributed by atoms with Gasteiger partial charge in [-0.15, -0.1) is 0 Å². The van der Waals surface area contributed by atoms with Crippen LogP contribution in [-0.4, -0.2) is 52.3 Å². The predicted octanol–water partition coefficient (Wildman–Crippen LogP) is 0.875. The number of nitrogens with zero attached hydrogens (tertiary/aromatic N) is 5. The Morgan fingerprint density at radius 3 is 2.71 bits per heavy atom. The Kier molecular flexibility index (Phi) is 4.75. The van der Waals surface area contributed by atoms with Gasteiger partial charge in [0, 0.05) is 57.3 Å². The van der Waals surface area contributed by atoms with Gasteiger partial charge >= 0.3 is 0 Å². The minimum absolute atomic E-state index is 0.265. The zero-order chi connectivity index (χ0) is 17.3. The lowest BCUT2D eigenvalue weighted by atomic mass is 10.0. The summed E-state index contributed by atoms with van der Waals surface area (Å²) >= 11 is 0. The van der Waals surface area contributed by atoms with Crippen LogP contribution in [0.4, 0.5) is 0 Å². The van der Waals surface area contributed by atoms with Gasteiger partial charge < -0.3 is 9.30 Å². The van der Waals surface area contributed by atoms with Gasteiger partial charge in [-0.2, -0.15) is 9.40 Å². The van der Waals surface area contributed by atoms with Crippen molar-refractivity contribution in [2.24, 2.45) is 5.92 Å². The molecular formula is C15H23N5O3S. The van der Waals surface area contributed by atoms with Crippen molar-refractivity contribution in [3.63, 3.8) is 0 Å². The van der Waals surface area contributed by atoms with Gasteiger partial charge in [0.25, 0.3) is 0 Å². The van der Waals surface area contributed by atoms with E-state index in [-0.39, 0.29) is 10.8 Å². The van der Waals surface area contributed by atoms with Crippen LogP contribution in [0, 0.1) is 12.8 Å². The maximum absolute atomic E-state index is 12.6. The fourth-order valence-corrected chi connectivity index (χ4v) is 4.44. The van der Waals surface area contributed by atoms with Gasteiger partial charge in [-0.25, -0.2) is 13.4 Å². The number of aromatic nitrogens is 4. The molecule has 0 radical (unpaired) electrons. The molecule has 1 aliphatic heterocycles. The van der Waals surface area contributed by atoms with E-state index in [0.29, 0.717) is 26.2 Å². The topological polar surface area (TPSA) is 82.2 Å². The van der Waals surface area contributed by atoms with Crippen molar-refractivity contribution in [3.8, 4) is 0 Å². The third-order valence-corrected chi connectivity index (χ3v) is 6.13. The van der Waals surface area contributed by atoms with Gasteiger partial charge in [0.1, 0.15) is 17.3 Å². The largest absolute Gasteiger partial charge is 0.377 e. The first-order chi connectivity index (χ1) is 11.5. The minimum atomic E-state index is -3.43. The molecule has 0 unspecified atom stereocenters. The number of hydrogen-bond donors (Lipinski definition) is 0. The number of hydrogen-bond acceptors (Lipinski definition) is 5. The summed E-state index contributed by atoms with van der Waals surface area (Å²) in [5.41, 5.74) is 1.06. The molecule has 0 aliphatic carbocycles. The van der Waals surface area contributed by atoms with Crippen LogP contribution >= 0.6 is 0 Å². The summed E-state index contributed by atoms with van der Waals surface area (Å²) in [4.78, 5) is 4.60. The maximum Gasteiger partial charge on any atom is 0.246 e. The van der Waals surface area contributed by atoms with E-state index in [1.54, 1.807) is 18.0 Å². The molecule has 1 saturated heterocycles. The molecule has 2 aromatic rings. The Hall–Kier alpha value is -1.71. The van der Waals surface area contributed by atoms with E-state index in [2.05, 4.69) is 14.6 Å². The van der Waals surface area contributed by atoms with Crippen LogP contribution in [-0.2, 0) is 34.5 Å². The molecule has 0 N–H and O–H groups in total. The molecule has 0 bridgehead atoms.